The second-order valence-electron chi connectivity index (χ2n) is 3.90. The molecule has 76 valence electrons. The molecule has 0 spiro atoms. The van der Waals surface area contributed by atoms with Crippen molar-refractivity contribution in [2.45, 2.75) is 25.4 Å². The van der Waals surface area contributed by atoms with E-state index in [1.807, 2.05) is 4.90 Å². The zero-order valence-electron chi connectivity index (χ0n) is 7.59. The van der Waals surface area contributed by atoms with Gasteiger partial charge in [-0.15, -0.1) is 0 Å². The van der Waals surface area contributed by atoms with Crippen molar-refractivity contribution in [2.75, 3.05) is 26.2 Å². The summed E-state index contributed by atoms with van der Waals surface area (Å²) in [6.45, 7) is 2.32. The molecule has 2 rings (SSSR count). The minimum atomic E-state index is -2.20. The van der Waals surface area contributed by atoms with Gasteiger partial charge in [-0.3, -0.25) is 4.90 Å². The van der Waals surface area contributed by atoms with E-state index in [1.54, 1.807) is 0 Å². The van der Waals surface area contributed by atoms with Gasteiger partial charge in [0.25, 0.3) is 6.43 Å². The van der Waals surface area contributed by atoms with E-state index in [2.05, 4.69) is 0 Å². The normalized spacial score (nSPS) is 35.3. The van der Waals surface area contributed by atoms with Gasteiger partial charge in [0.2, 0.25) is 0 Å². The third-order valence-corrected chi connectivity index (χ3v) is 2.97. The van der Waals surface area contributed by atoms with Crippen molar-refractivity contribution in [3.05, 3.63) is 0 Å². The van der Waals surface area contributed by atoms with Gasteiger partial charge in [-0.1, -0.05) is 0 Å². The summed E-state index contributed by atoms with van der Waals surface area (Å²) in [5.74, 6) is 0.507. The molecule has 2 aliphatic rings. The molecule has 0 unspecified atom stereocenters. The van der Waals surface area contributed by atoms with Crippen molar-refractivity contribution in [1.29, 1.82) is 0 Å². The number of ether oxygens (including phenoxy) is 1. The van der Waals surface area contributed by atoms with E-state index in [-0.39, 0.29) is 6.54 Å². The molecular formula is C9H15F2NO. The molecule has 0 radical (unpaired) electrons. The fourth-order valence-electron chi connectivity index (χ4n) is 2.31. The molecular weight excluding hydrogens is 176 g/mol. The first-order chi connectivity index (χ1) is 6.25. The van der Waals surface area contributed by atoms with E-state index < -0.39 is 6.43 Å². The molecule has 2 atom stereocenters. The Morgan fingerprint density at radius 3 is 3.00 bits per heavy atom. The average Bonchev–Trinajstić information content (AvgIpc) is 2.49. The van der Waals surface area contributed by atoms with Gasteiger partial charge in [0.15, 0.2) is 0 Å². The highest BCUT2D eigenvalue weighted by atomic mass is 19.3. The predicted octanol–water partition coefficient (Wildman–Crippen LogP) is 1.36. The Hall–Kier alpha value is -0.220. The first kappa shape index (κ1) is 9.34. The van der Waals surface area contributed by atoms with Gasteiger partial charge in [0.1, 0.15) is 0 Å². The highest BCUT2D eigenvalue weighted by Gasteiger charge is 2.34. The molecule has 4 heteroatoms. The summed E-state index contributed by atoms with van der Waals surface area (Å²) in [6, 6.07) is 0. The fraction of sp³-hybridized carbons (Fsp3) is 1.00. The number of halogens is 2. The number of rotatable bonds is 2. The monoisotopic (exact) mass is 191 g/mol. The van der Waals surface area contributed by atoms with Gasteiger partial charge >= 0.3 is 0 Å². The van der Waals surface area contributed by atoms with Crippen molar-refractivity contribution in [3.8, 4) is 0 Å². The minimum absolute atomic E-state index is 0.0662. The van der Waals surface area contributed by atoms with Gasteiger partial charge < -0.3 is 4.74 Å². The summed E-state index contributed by atoms with van der Waals surface area (Å²) < 4.78 is 29.7. The topological polar surface area (TPSA) is 12.5 Å². The van der Waals surface area contributed by atoms with Crippen molar-refractivity contribution >= 4 is 0 Å². The van der Waals surface area contributed by atoms with Crippen LogP contribution in [0.3, 0.4) is 0 Å². The third-order valence-electron chi connectivity index (χ3n) is 2.97. The van der Waals surface area contributed by atoms with Gasteiger partial charge in [-0.25, -0.2) is 8.78 Å². The number of fused-ring (bicyclic) bond motifs is 1. The smallest absolute Gasteiger partial charge is 0.251 e. The van der Waals surface area contributed by atoms with Crippen LogP contribution in [0.1, 0.15) is 12.8 Å². The lowest BCUT2D eigenvalue weighted by Crippen LogP contribution is -2.43. The molecule has 2 fully saturated rings. The molecule has 0 N–H and O–H groups in total. The summed E-state index contributed by atoms with van der Waals surface area (Å²) in [4.78, 5) is 1.86. The molecule has 0 aromatic rings. The number of hydrogen-bond donors (Lipinski definition) is 0. The maximum atomic E-state index is 12.1. The first-order valence-corrected chi connectivity index (χ1v) is 4.88. The Bertz CT molecular complexity index is 177. The fourth-order valence-corrected chi connectivity index (χ4v) is 2.31. The standard InChI is InChI=1S/C9H15F2NO/c10-9(11)6-12-3-1-8-7(5-12)2-4-13-8/h7-9H,1-6H2/t7-,8+/m0/s1. The van der Waals surface area contributed by atoms with Crippen LogP contribution in [0.2, 0.25) is 0 Å². The maximum Gasteiger partial charge on any atom is 0.251 e. The van der Waals surface area contributed by atoms with Crippen LogP contribution in [0.5, 0.6) is 0 Å². The highest BCUT2D eigenvalue weighted by Crippen LogP contribution is 2.28. The molecule has 0 aromatic carbocycles. The van der Waals surface area contributed by atoms with Gasteiger partial charge in [0.05, 0.1) is 12.6 Å². The van der Waals surface area contributed by atoms with E-state index in [0.717, 1.165) is 32.5 Å². The van der Waals surface area contributed by atoms with Crippen LogP contribution in [0.25, 0.3) is 0 Å². The minimum Gasteiger partial charge on any atom is -0.378 e. The van der Waals surface area contributed by atoms with E-state index in [1.165, 1.54) is 0 Å². The van der Waals surface area contributed by atoms with E-state index >= 15 is 0 Å². The molecule has 2 heterocycles. The van der Waals surface area contributed by atoms with Crippen molar-refractivity contribution < 1.29 is 13.5 Å². The van der Waals surface area contributed by atoms with Crippen LogP contribution in [-0.4, -0.2) is 43.7 Å². The van der Waals surface area contributed by atoms with Crippen LogP contribution in [-0.2, 0) is 4.74 Å². The molecule has 0 saturated carbocycles. The van der Waals surface area contributed by atoms with Crippen LogP contribution in [0.15, 0.2) is 0 Å². The molecule has 2 aliphatic heterocycles. The number of alkyl halides is 2. The highest BCUT2D eigenvalue weighted by molar-refractivity contribution is 4.84. The van der Waals surface area contributed by atoms with E-state index in [0.29, 0.717) is 12.0 Å². The van der Waals surface area contributed by atoms with Crippen LogP contribution < -0.4 is 0 Å². The summed E-state index contributed by atoms with van der Waals surface area (Å²) in [7, 11) is 0. The summed E-state index contributed by atoms with van der Waals surface area (Å²) >= 11 is 0. The van der Waals surface area contributed by atoms with Crippen LogP contribution in [0.4, 0.5) is 8.78 Å². The van der Waals surface area contributed by atoms with Crippen LogP contribution >= 0.6 is 0 Å². The van der Waals surface area contributed by atoms with E-state index in [9.17, 15) is 8.78 Å². The average molecular weight is 191 g/mol. The maximum absolute atomic E-state index is 12.1. The Labute approximate surface area is 76.9 Å². The SMILES string of the molecule is FC(F)CN1CC[C@H]2OCC[C@H]2C1. The lowest BCUT2D eigenvalue weighted by atomic mass is 9.94. The van der Waals surface area contributed by atoms with Crippen molar-refractivity contribution in [2.24, 2.45) is 5.92 Å². The summed E-state index contributed by atoms with van der Waals surface area (Å²) in [5.41, 5.74) is 0. The molecule has 2 nitrogen and oxygen atoms in total. The molecule has 13 heavy (non-hydrogen) atoms. The number of likely N-dealkylation sites (tertiary alicyclic amines) is 1. The van der Waals surface area contributed by atoms with Gasteiger partial charge in [-0.2, -0.15) is 0 Å². The van der Waals surface area contributed by atoms with Gasteiger partial charge in [0, 0.05) is 25.6 Å². The molecule has 0 aliphatic carbocycles. The molecule has 0 bridgehead atoms. The quantitative estimate of drug-likeness (QED) is 0.653. The largest absolute Gasteiger partial charge is 0.378 e. The van der Waals surface area contributed by atoms with Crippen molar-refractivity contribution in [3.63, 3.8) is 0 Å². The Morgan fingerprint density at radius 2 is 2.23 bits per heavy atom. The Morgan fingerprint density at radius 1 is 1.38 bits per heavy atom. The molecule has 0 aromatic heterocycles. The second-order valence-corrected chi connectivity index (χ2v) is 3.90. The molecule has 0 amide bonds. The number of piperidine rings is 1. The Kier molecular flexibility index (Phi) is 2.79. The van der Waals surface area contributed by atoms with Gasteiger partial charge in [-0.05, 0) is 12.8 Å². The number of nitrogens with zero attached hydrogens (tertiary/aromatic N) is 1. The molecule has 2 saturated heterocycles. The third kappa shape index (κ3) is 2.17. The first-order valence-electron chi connectivity index (χ1n) is 4.88. The summed E-state index contributed by atoms with van der Waals surface area (Å²) in [6.07, 6.45) is 0.134. The zero-order chi connectivity index (χ0) is 9.26. The second kappa shape index (κ2) is 3.88. The van der Waals surface area contributed by atoms with Crippen molar-refractivity contribution in [1.82, 2.24) is 4.90 Å². The lowest BCUT2D eigenvalue weighted by molar-refractivity contribution is 0.0117. The van der Waals surface area contributed by atoms with Crippen LogP contribution in [0, 0.1) is 5.92 Å². The zero-order valence-corrected chi connectivity index (χ0v) is 7.59. The number of hydrogen-bond acceptors (Lipinski definition) is 2. The summed E-state index contributed by atoms with van der Waals surface area (Å²) in [5, 5.41) is 0. The Balaban J connectivity index is 1.83. The lowest BCUT2D eigenvalue weighted by Gasteiger charge is -2.33. The predicted molar refractivity (Wildman–Crippen MR) is 44.9 cm³/mol. The van der Waals surface area contributed by atoms with E-state index in [4.69, 9.17) is 4.74 Å².